The van der Waals surface area contributed by atoms with Crippen molar-refractivity contribution in [2.24, 2.45) is 11.3 Å². The Kier molecular flexibility index (Phi) is 3.36. The second-order valence-corrected chi connectivity index (χ2v) is 4.47. The van der Waals surface area contributed by atoms with Crippen LogP contribution in [0.25, 0.3) is 0 Å². The lowest BCUT2D eigenvalue weighted by atomic mass is 9.76. The van der Waals surface area contributed by atoms with Crippen molar-refractivity contribution in [1.82, 2.24) is 5.32 Å². The summed E-state index contributed by atoms with van der Waals surface area (Å²) in [6, 6.07) is 0. The summed E-state index contributed by atoms with van der Waals surface area (Å²) >= 11 is 0. The van der Waals surface area contributed by atoms with Gasteiger partial charge in [0.15, 0.2) is 0 Å². The fourth-order valence-electron chi connectivity index (χ4n) is 2.77. The third-order valence-electron chi connectivity index (χ3n) is 3.43. The summed E-state index contributed by atoms with van der Waals surface area (Å²) in [7, 11) is 0. The van der Waals surface area contributed by atoms with E-state index in [9.17, 15) is 4.79 Å². The molecule has 1 aliphatic carbocycles. The minimum Gasteiger partial charge on any atom is -0.317 e. The van der Waals surface area contributed by atoms with Gasteiger partial charge in [-0.3, -0.25) is 4.79 Å². The molecule has 0 bridgehead atoms. The van der Waals surface area contributed by atoms with Gasteiger partial charge in [-0.25, -0.2) is 0 Å². The molecule has 1 saturated carbocycles. The molecule has 1 saturated heterocycles. The van der Waals surface area contributed by atoms with Crippen LogP contribution in [0.15, 0.2) is 0 Å². The Morgan fingerprint density at radius 3 is 2.46 bits per heavy atom. The molecule has 1 aliphatic heterocycles. The SMILES string of the molecule is CC1CC(=O)C2(CCNCC2)C1.Cl. The maximum atomic E-state index is 11.7. The molecule has 13 heavy (non-hydrogen) atoms. The summed E-state index contributed by atoms with van der Waals surface area (Å²) in [5.41, 5.74) is 0.102. The maximum Gasteiger partial charge on any atom is 0.139 e. The Morgan fingerprint density at radius 1 is 1.38 bits per heavy atom. The van der Waals surface area contributed by atoms with Gasteiger partial charge in [0, 0.05) is 11.8 Å². The van der Waals surface area contributed by atoms with Gasteiger partial charge in [-0.05, 0) is 38.3 Å². The Morgan fingerprint density at radius 2 is 2.00 bits per heavy atom. The molecule has 0 aromatic carbocycles. The van der Waals surface area contributed by atoms with E-state index in [4.69, 9.17) is 0 Å². The van der Waals surface area contributed by atoms with Gasteiger partial charge in [-0.15, -0.1) is 12.4 Å². The molecule has 1 heterocycles. The van der Waals surface area contributed by atoms with Crippen LogP contribution in [0.2, 0.25) is 0 Å². The lowest BCUT2D eigenvalue weighted by Crippen LogP contribution is -2.39. The van der Waals surface area contributed by atoms with Crippen LogP contribution in [-0.4, -0.2) is 18.9 Å². The van der Waals surface area contributed by atoms with E-state index in [1.165, 1.54) is 0 Å². The highest BCUT2D eigenvalue weighted by Gasteiger charge is 2.45. The molecule has 0 amide bonds. The molecule has 1 N–H and O–H groups in total. The number of nitrogens with one attached hydrogen (secondary N) is 1. The third-order valence-corrected chi connectivity index (χ3v) is 3.43. The zero-order chi connectivity index (χ0) is 8.60. The van der Waals surface area contributed by atoms with Gasteiger partial charge in [-0.1, -0.05) is 6.92 Å². The zero-order valence-electron chi connectivity index (χ0n) is 8.14. The molecule has 3 heteroatoms. The van der Waals surface area contributed by atoms with Crippen molar-refractivity contribution in [1.29, 1.82) is 0 Å². The van der Waals surface area contributed by atoms with Crippen molar-refractivity contribution in [3.05, 3.63) is 0 Å². The smallest absolute Gasteiger partial charge is 0.139 e. The minimum atomic E-state index is 0. The molecular formula is C10H18ClNO. The van der Waals surface area contributed by atoms with Crippen LogP contribution in [0.4, 0.5) is 0 Å². The molecule has 0 aromatic heterocycles. The first kappa shape index (κ1) is 11.0. The van der Waals surface area contributed by atoms with Gasteiger partial charge >= 0.3 is 0 Å². The van der Waals surface area contributed by atoms with Crippen LogP contribution < -0.4 is 5.32 Å². The summed E-state index contributed by atoms with van der Waals surface area (Å²) in [5.74, 6) is 1.17. The lowest BCUT2D eigenvalue weighted by molar-refractivity contribution is -0.127. The molecule has 2 fully saturated rings. The number of ketones is 1. The normalized spacial score (nSPS) is 31.8. The molecule has 0 aromatic rings. The van der Waals surface area contributed by atoms with Crippen LogP contribution >= 0.6 is 12.4 Å². The van der Waals surface area contributed by atoms with Crippen LogP contribution in [-0.2, 0) is 4.79 Å². The molecule has 2 nitrogen and oxygen atoms in total. The van der Waals surface area contributed by atoms with Crippen molar-refractivity contribution >= 4 is 18.2 Å². The minimum absolute atomic E-state index is 0. The maximum absolute atomic E-state index is 11.7. The molecule has 1 spiro atoms. The Bertz CT molecular complexity index is 199. The number of hydrogen-bond acceptors (Lipinski definition) is 2. The van der Waals surface area contributed by atoms with Crippen molar-refractivity contribution in [2.75, 3.05) is 13.1 Å². The molecule has 1 unspecified atom stereocenters. The summed E-state index contributed by atoms with van der Waals surface area (Å²) in [4.78, 5) is 11.7. The van der Waals surface area contributed by atoms with Gasteiger partial charge < -0.3 is 5.32 Å². The molecular weight excluding hydrogens is 186 g/mol. The van der Waals surface area contributed by atoms with Crippen LogP contribution in [0, 0.1) is 11.3 Å². The van der Waals surface area contributed by atoms with Crippen molar-refractivity contribution in [3.8, 4) is 0 Å². The standard InChI is InChI=1S/C10H17NO.ClH/c1-8-6-9(12)10(7-8)2-4-11-5-3-10;/h8,11H,2-7H2,1H3;1H. The van der Waals surface area contributed by atoms with Crippen molar-refractivity contribution in [2.45, 2.75) is 32.6 Å². The van der Waals surface area contributed by atoms with Gasteiger partial charge in [-0.2, -0.15) is 0 Å². The lowest BCUT2D eigenvalue weighted by Gasteiger charge is -2.32. The molecule has 0 radical (unpaired) electrons. The molecule has 2 aliphatic rings. The number of piperidine rings is 1. The number of halogens is 1. The Labute approximate surface area is 85.9 Å². The average molecular weight is 204 g/mol. The highest BCUT2D eigenvalue weighted by atomic mass is 35.5. The van der Waals surface area contributed by atoms with Crippen LogP contribution in [0.1, 0.15) is 32.6 Å². The molecule has 76 valence electrons. The van der Waals surface area contributed by atoms with Gasteiger partial charge in [0.25, 0.3) is 0 Å². The molecule has 2 rings (SSSR count). The second-order valence-electron chi connectivity index (χ2n) is 4.47. The van der Waals surface area contributed by atoms with Crippen LogP contribution in [0.5, 0.6) is 0 Å². The van der Waals surface area contributed by atoms with E-state index in [0.717, 1.165) is 38.8 Å². The number of carbonyl (C=O) groups is 1. The fourth-order valence-corrected chi connectivity index (χ4v) is 2.77. The first-order valence-electron chi connectivity index (χ1n) is 4.97. The van der Waals surface area contributed by atoms with Gasteiger partial charge in [0.1, 0.15) is 5.78 Å². The largest absolute Gasteiger partial charge is 0.317 e. The topological polar surface area (TPSA) is 29.1 Å². The third kappa shape index (κ3) is 1.89. The first-order chi connectivity index (χ1) is 5.73. The fraction of sp³-hybridized carbons (Fsp3) is 0.900. The number of carbonyl (C=O) groups excluding carboxylic acids is 1. The Balaban J connectivity index is 0.000000845. The highest BCUT2D eigenvalue weighted by Crippen LogP contribution is 2.44. The summed E-state index contributed by atoms with van der Waals surface area (Å²) in [5, 5.41) is 3.32. The number of Topliss-reactive ketones (excluding diaryl/α,β-unsaturated/α-hetero) is 1. The zero-order valence-corrected chi connectivity index (χ0v) is 8.95. The van der Waals surface area contributed by atoms with E-state index in [0.29, 0.717) is 11.7 Å². The monoisotopic (exact) mass is 203 g/mol. The summed E-state index contributed by atoms with van der Waals surface area (Å²) < 4.78 is 0. The first-order valence-corrected chi connectivity index (χ1v) is 4.97. The summed E-state index contributed by atoms with van der Waals surface area (Å²) in [6.45, 7) is 4.28. The Hall–Kier alpha value is -0.0800. The van der Waals surface area contributed by atoms with Crippen molar-refractivity contribution in [3.63, 3.8) is 0 Å². The van der Waals surface area contributed by atoms with E-state index >= 15 is 0 Å². The number of hydrogen-bond donors (Lipinski definition) is 1. The van der Waals surface area contributed by atoms with Gasteiger partial charge in [0.05, 0.1) is 0 Å². The van der Waals surface area contributed by atoms with E-state index in [-0.39, 0.29) is 17.8 Å². The van der Waals surface area contributed by atoms with E-state index in [2.05, 4.69) is 12.2 Å². The van der Waals surface area contributed by atoms with E-state index < -0.39 is 0 Å². The quantitative estimate of drug-likeness (QED) is 0.651. The predicted octanol–water partition coefficient (Wildman–Crippen LogP) is 1.78. The van der Waals surface area contributed by atoms with Crippen LogP contribution in [0.3, 0.4) is 0 Å². The van der Waals surface area contributed by atoms with Crippen molar-refractivity contribution < 1.29 is 4.79 Å². The summed E-state index contributed by atoms with van der Waals surface area (Å²) in [6.07, 6.45) is 4.14. The van der Waals surface area contributed by atoms with E-state index in [1.54, 1.807) is 0 Å². The number of rotatable bonds is 0. The predicted molar refractivity (Wildman–Crippen MR) is 55.2 cm³/mol. The second kappa shape index (κ2) is 3.97. The molecule has 1 atom stereocenters. The van der Waals surface area contributed by atoms with E-state index in [1.807, 2.05) is 0 Å². The average Bonchev–Trinajstić information content (AvgIpc) is 2.29. The highest BCUT2D eigenvalue weighted by molar-refractivity contribution is 5.87. The van der Waals surface area contributed by atoms with Gasteiger partial charge in [0.2, 0.25) is 0 Å².